The summed E-state index contributed by atoms with van der Waals surface area (Å²) in [7, 11) is 0. The Hall–Kier alpha value is -3.41. The van der Waals surface area contributed by atoms with Gasteiger partial charge < -0.3 is 15.2 Å². The molecule has 0 saturated carbocycles. The van der Waals surface area contributed by atoms with Crippen molar-refractivity contribution >= 4 is 33.7 Å². The van der Waals surface area contributed by atoms with Crippen molar-refractivity contribution in [2.24, 2.45) is 0 Å². The number of nitrogens with two attached hydrogens (primary N) is 1. The number of hydrogen-bond donors (Lipinski definition) is 1. The largest absolute Gasteiger partial charge is 0.382 e. The quantitative estimate of drug-likeness (QED) is 0.468. The SMILES string of the molecule is CC(=O)N(CCCCn1cnc2c(N)nc3ccccc3c21)Cc1ccccc1C. The third-order valence-corrected chi connectivity index (χ3v) is 5.63. The molecule has 0 aliphatic carbocycles. The molecule has 4 rings (SSSR count). The lowest BCUT2D eigenvalue weighted by atomic mass is 10.1. The first-order valence-electron chi connectivity index (χ1n) is 10.3. The Morgan fingerprint density at radius 2 is 1.87 bits per heavy atom. The van der Waals surface area contributed by atoms with Crippen LogP contribution in [0.1, 0.15) is 30.9 Å². The number of amides is 1. The second-order valence-electron chi connectivity index (χ2n) is 7.72. The molecule has 154 valence electrons. The minimum absolute atomic E-state index is 0.108. The van der Waals surface area contributed by atoms with Crippen molar-refractivity contribution in [1.82, 2.24) is 19.4 Å². The molecule has 0 fully saturated rings. The zero-order chi connectivity index (χ0) is 21.1. The van der Waals surface area contributed by atoms with Crippen LogP contribution in [0.15, 0.2) is 54.9 Å². The lowest BCUT2D eigenvalue weighted by molar-refractivity contribution is -0.129. The predicted molar refractivity (Wildman–Crippen MR) is 121 cm³/mol. The van der Waals surface area contributed by atoms with Gasteiger partial charge in [-0.2, -0.15) is 0 Å². The molecular formula is C24H27N5O. The predicted octanol–water partition coefficient (Wildman–Crippen LogP) is 4.30. The van der Waals surface area contributed by atoms with E-state index in [0.717, 1.165) is 47.9 Å². The number of nitrogens with zero attached hydrogens (tertiary/aromatic N) is 4. The van der Waals surface area contributed by atoms with Gasteiger partial charge in [0.2, 0.25) is 5.91 Å². The molecule has 2 N–H and O–H groups in total. The van der Waals surface area contributed by atoms with E-state index < -0.39 is 0 Å². The van der Waals surface area contributed by atoms with E-state index >= 15 is 0 Å². The minimum atomic E-state index is 0.108. The van der Waals surface area contributed by atoms with Gasteiger partial charge in [0.15, 0.2) is 5.82 Å². The van der Waals surface area contributed by atoms with Crippen molar-refractivity contribution in [3.05, 3.63) is 66.0 Å². The topological polar surface area (TPSA) is 77.0 Å². The summed E-state index contributed by atoms with van der Waals surface area (Å²) in [5.41, 5.74) is 11.2. The third kappa shape index (κ3) is 3.99. The Morgan fingerprint density at radius 3 is 2.67 bits per heavy atom. The maximum atomic E-state index is 12.1. The summed E-state index contributed by atoms with van der Waals surface area (Å²) in [6, 6.07) is 16.2. The van der Waals surface area contributed by atoms with Crippen LogP contribution in [-0.2, 0) is 17.9 Å². The van der Waals surface area contributed by atoms with Crippen LogP contribution in [0.5, 0.6) is 0 Å². The minimum Gasteiger partial charge on any atom is -0.382 e. The highest BCUT2D eigenvalue weighted by Gasteiger charge is 2.13. The number of para-hydroxylation sites is 1. The van der Waals surface area contributed by atoms with Gasteiger partial charge >= 0.3 is 0 Å². The van der Waals surface area contributed by atoms with Crippen LogP contribution in [0.4, 0.5) is 5.82 Å². The number of hydrogen-bond acceptors (Lipinski definition) is 4. The van der Waals surface area contributed by atoms with Crippen LogP contribution in [0, 0.1) is 6.92 Å². The smallest absolute Gasteiger partial charge is 0.219 e. The number of aryl methyl sites for hydroxylation is 2. The number of anilines is 1. The van der Waals surface area contributed by atoms with Gasteiger partial charge in [0.25, 0.3) is 0 Å². The number of nitrogen functional groups attached to an aromatic ring is 1. The van der Waals surface area contributed by atoms with Gasteiger partial charge in [-0.15, -0.1) is 0 Å². The number of rotatable bonds is 7. The molecule has 0 saturated heterocycles. The molecule has 2 heterocycles. The first kappa shape index (κ1) is 19.9. The van der Waals surface area contributed by atoms with E-state index in [1.165, 1.54) is 11.1 Å². The number of benzene rings is 2. The van der Waals surface area contributed by atoms with Crippen LogP contribution < -0.4 is 5.73 Å². The molecule has 0 unspecified atom stereocenters. The number of imidazole rings is 1. The molecular weight excluding hydrogens is 374 g/mol. The second kappa shape index (κ2) is 8.53. The molecule has 6 nitrogen and oxygen atoms in total. The summed E-state index contributed by atoms with van der Waals surface area (Å²) in [6.45, 7) is 5.94. The fourth-order valence-electron chi connectivity index (χ4n) is 3.90. The highest BCUT2D eigenvalue weighted by Crippen LogP contribution is 2.27. The van der Waals surface area contributed by atoms with Crippen molar-refractivity contribution in [1.29, 1.82) is 0 Å². The van der Waals surface area contributed by atoms with Gasteiger partial charge in [-0.1, -0.05) is 42.5 Å². The van der Waals surface area contributed by atoms with Crippen LogP contribution in [0.3, 0.4) is 0 Å². The Bertz CT molecular complexity index is 1200. The second-order valence-corrected chi connectivity index (χ2v) is 7.72. The lowest BCUT2D eigenvalue weighted by Gasteiger charge is -2.22. The molecule has 2 aromatic heterocycles. The summed E-state index contributed by atoms with van der Waals surface area (Å²) < 4.78 is 2.15. The Morgan fingerprint density at radius 1 is 1.10 bits per heavy atom. The summed E-state index contributed by atoms with van der Waals surface area (Å²) in [6.07, 6.45) is 3.70. The summed E-state index contributed by atoms with van der Waals surface area (Å²) in [5.74, 6) is 0.569. The van der Waals surface area contributed by atoms with Gasteiger partial charge in [-0.05, 0) is 37.0 Å². The fraction of sp³-hybridized carbons (Fsp3) is 0.292. The van der Waals surface area contributed by atoms with Gasteiger partial charge in [0.05, 0.1) is 17.4 Å². The summed E-state index contributed by atoms with van der Waals surface area (Å²) in [4.78, 5) is 23.0. The van der Waals surface area contributed by atoms with Crippen LogP contribution in [-0.4, -0.2) is 31.9 Å². The average Bonchev–Trinajstić information content (AvgIpc) is 3.16. The Balaban J connectivity index is 1.44. The molecule has 30 heavy (non-hydrogen) atoms. The number of fused-ring (bicyclic) bond motifs is 3. The molecule has 0 aliphatic rings. The van der Waals surface area contributed by atoms with E-state index in [1.54, 1.807) is 6.92 Å². The zero-order valence-corrected chi connectivity index (χ0v) is 17.5. The number of unbranched alkanes of at least 4 members (excludes halogenated alkanes) is 1. The van der Waals surface area contributed by atoms with Gasteiger partial charge in [-0.3, -0.25) is 4.79 Å². The highest BCUT2D eigenvalue weighted by molar-refractivity contribution is 6.06. The average molecular weight is 402 g/mol. The molecule has 0 atom stereocenters. The monoisotopic (exact) mass is 401 g/mol. The van der Waals surface area contributed by atoms with Crippen molar-refractivity contribution in [3.63, 3.8) is 0 Å². The standard InChI is InChI=1S/C24H27N5O/c1-17-9-3-4-10-19(17)15-28(18(2)30)13-7-8-14-29-16-26-22-23(29)20-11-5-6-12-21(20)27-24(22)25/h3-6,9-12,16H,7-8,13-15H2,1-2H3,(H2,25,27). The number of aromatic nitrogens is 3. The van der Waals surface area contributed by atoms with Crippen molar-refractivity contribution in [2.75, 3.05) is 12.3 Å². The number of carbonyl (C=O) groups excluding carboxylic acids is 1. The summed E-state index contributed by atoms with van der Waals surface area (Å²) in [5, 5.41) is 1.06. The van der Waals surface area contributed by atoms with Crippen LogP contribution in [0.25, 0.3) is 21.9 Å². The number of pyridine rings is 1. The maximum absolute atomic E-state index is 12.1. The molecule has 1 amide bonds. The van der Waals surface area contributed by atoms with E-state index in [4.69, 9.17) is 5.73 Å². The van der Waals surface area contributed by atoms with Crippen molar-refractivity contribution in [3.8, 4) is 0 Å². The van der Waals surface area contributed by atoms with E-state index in [-0.39, 0.29) is 5.91 Å². The zero-order valence-electron chi connectivity index (χ0n) is 17.5. The molecule has 0 aliphatic heterocycles. The lowest BCUT2D eigenvalue weighted by Crippen LogP contribution is -2.29. The van der Waals surface area contributed by atoms with Crippen LogP contribution in [0.2, 0.25) is 0 Å². The van der Waals surface area contributed by atoms with Gasteiger partial charge in [0, 0.05) is 31.9 Å². The van der Waals surface area contributed by atoms with E-state index in [9.17, 15) is 4.79 Å². The third-order valence-electron chi connectivity index (χ3n) is 5.63. The van der Waals surface area contributed by atoms with Crippen molar-refractivity contribution < 1.29 is 4.79 Å². The molecule has 4 aromatic rings. The summed E-state index contributed by atoms with van der Waals surface area (Å²) >= 11 is 0. The fourth-order valence-corrected chi connectivity index (χ4v) is 3.90. The molecule has 0 spiro atoms. The number of carbonyl (C=O) groups is 1. The first-order chi connectivity index (χ1) is 14.5. The van der Waals surface area contributed by atoms with E-state index in [2.05, 4.69) is 39.7 Å². The van der Waals surface area contributed by atoms with E-state index in [1.807, 2.05) is 41.6 Å². The normalized spacial score (nSPS) is 11.3. The molecule has 0 bridgehead atoms. The van der Waals surface area contributed by atoms with Crippen LogP contribution >= 0.6 is 0 Å². The Labute approximate surface area is 176 Å². The van der Waals surface area contributed by atoms with Crippen molar-refractivity contribution in [2.45, 2.75) is 39.8 Å². The van der Waals surface area contributed by atoms with Gasteiger partial charge in [0.1, 0.15) is 5.52 Å². The maximum Gasteiger partial charge on any atom is 0.219 e. The Kier molecular flexibility index (Phi) is 5.65. The van der Waals surface area contributed by atoms with Gasteiger partial charge in [-0.25, -0.2) is 9.97 Å². The molecule has 2 aromatic carbocycles. The molecule has 0 radical (unpaired) electrons. The van der Waals surface area contributed by atoms with E-state index in [0.29, 0.717) is 12.4 Å². The highest BCUT2D eigenvalue weighted by atomic mass is 16.2. The first-order valence-corrected chi connectivity index (χ1v) is 10.3. The molecule has 6 heteroatoms.